The lowest BCUT2D eigenvalue weighted by Crippen LogP contribution is -2.05. The largest absolute Gasteiger partial charge is 0.456 e. The van der Waals surface area contributed by atoms with E-state index in [-0.39, 0.29) is 11.5 Å². The Hall–Kier alpha value is -5.64. The van der Waals surface area contributed by atoms with Gasteiger partial charge in [-0.05, 0) is 94.0 Å². The summed E-state index contributed by atoms with van der Waals surface area (Å²) in [6.45, 7) is 0. The predicted octanol–water partition coefficient (Wildman–Crippen LogP) is 9.32. The standard InChI is InChI=1S/C39H24N2O3S/c40-21-24-9-15-37-34(17-24)30-5-1-3-7-36(30)41(37)29-14-12-28-23-45(42,43)22-27-11-10-25(18-32(27)33(28)20-29)26-13-16-39-35(19-26)31-6-2-4-8-38(31)44-39/h1-20H,22-23H2. The second kappa shape index (κ2) is 9.43. The highest BCUT2D eigenvalue weighted by atomic mass is 32.2. The predicted molar refractivity (Wildman–Crippen MR) is 180 cm³/mol. The van der Waals surface area contributed by atoms with Crippen LogP contribution in [0.1, 0.15) is 16.7 Å². The number of rotatable bonds is 2. The Kier molecular flexibility index (Phi) is 5.41. The molecule has 214 valence electrons. The molecule has 0 spiro atoms. The third kappa shape index (κ3) is 4.02. The van der Waals surface area contributed by atoms with Gasteiger partial charge in [-0.25, -0.2) is 8.42 Å². The summed E-state index contributed by atoms with van der Waals surface area (Å²) in [4.78, 5) is 0. The van der Waals surface area contributed by atoms with E-state index in [9.17, 15) is 13.7 Å². The molecule has 0 N–H and O–H groups in total. The maximum absolute atomic E-state index is 13.3. The normalized spacial score (nSPS) is 13.9. The van der Waals surface area contributed by atoms with Crippen molar-refractivity contribution in [2.45, 2.75) is 11.5 Å². The molecule has 8 aromatic rings. The van der Waals surface area contributed by atoms with E-state index < -0.39 is 9.84 Å². The highest BCUT2D eigenvalue weighted by molar-refractivity contribution is 7.89. The zero-order chi connectivity index (χ0) is 30.3. The number of fused-ring (bicyclic) bond motifs is 9. The lowest BCUT2D eigenvalue weighted by Gasteiger charge is -2.15. The van der Waals surface area contributed by atoms with Crippen LogP contribution in [0.5, 0.6) is 0 Å². The molecule has 0 atom stereocenters. The summed E-state index contributed by atoms with van der Waals surface area (Å²) in [5.74, 6) is -0.0252. The molecule has 0 unspecified atom stereocenters. The van der Waals surface area contributed by atoms with Crippen LogP contribution in [-0.4, -0.2) is 13.0 Å². The summed E-state index contributed by atoms with van der Waals surface area (Å²) in [6, 6.07) is 42.7. The minimum absolute atomic E-state index is 0.00958. The van der Waals surface area contributed by atoms with Crippen molar-refractivity contribution in [2.24, 2.45) is 0 Å². The van der Waals surface area contributed by atoms with Crippen molar-refractivity contribution in [1.82, 2.24) is 4.57 Å². The van der Waals surface area contributed by atoms with Gasteiger partial charge in [-0.3, -0.25) is 0 Å². The van der Waals surface area contributed by atoms with Gasteiger partial charge in [0.1, 0.15) is 11.2 Å². The molecule has 9 rings (SSSR count). The maximum Gasteiger partial charge on any atom is 0.158 e. The Balaban J connectivity index is 1.26. The molecule has 45 heavy (non-hydrogen) atoms. The number of para-hydroxylation sites is 2. The molecule has 0 saturated heterocycles. The van der Waals surface area contributed by atoms with E-state index in [2.05, 4.69) is 53.1 Å². The van der Waals surface area contributed by atoms with E-state index in [0.717, 1.165) is 82.8 Å². The molecular formula is C39H24N2O3S. The van der Waals surface area contributed by atoms with Crippen molar-refractivity contribution in [1.29, 1.82) is 5.26 Å². The summed E-state index contributed by atoms with van der Waals surface area (Å²) in [7, 11) is -3.36. The van der Waals surface area contributed by atoms with Crippen LogP contribution < -0.4 is 0 Å². The van der Waals surface area contributed by atoms with Crippen LogP contribution in [0.25, 0.3) is 71.7 Å². The molecule has 0 bridgehead atoms. The minimum atomic E-state index is -3.36. The van der Waals surface area contributed by atoms with Gasteiger partial charge in [0.2, 0.25) is 0 Å². The van der Waals surface area contributed by atoms with Crippen molar-refractivity contribution in [3.05, 3.63) is 138 Å². The summed E-state index contributed by atoms with van der Waals surface area (Å²) >= 11 is 0. The fraction of sp³-hybridized carbons (Fsp3) is 0.0513. The van der Waals surface area contributed by atoms with Crippen molar-refractivity contribution < 1.29 is 12.8 Å². The van der Waals surface area contributed by atoms with Crippen molar-refractivity contribution in [3.63, 3.8) is 0 Å². The first-order chi connectivity index (χ1) is 22.0. The Labute approximate surface area is 259 Å². The summed E-state index contributed by atoms with van der Waals surface area (Å²) in [5.41, 5.74) is 10.7. The van der Waals surface area contributed by atoms with Gasteiger partial charge in [0.25, 0.3) is 0 Å². The van der Waals surface area contributed by atoms with E-state index >= 15 is 0 Å². The Morgan fingerprint density at radius 3 is 2.11 bits per heavy atom. The molecule has 0 saturated carbocycles. The van der Waals surface area contributed by atoms with Crippen LogP contribution in [0.3, 0.4) is 0 Å². The molecular weight excluding hydrogens is 577 g/mol. The molecule has 6 aromatic carbocycles. The topological polar surface area (TPSA) is 76.0 Å². The highest BCUT2D eigenvalue weighted by Crippen LogP contribution is 2.40. The number of nitriles is 1. The van der Waals surface area contributed by atoms with Gasteiger partial charge < -0.3 is 8.98 Å². The molecule has 1 aliphatic heterocycles. The molecule has 0 amide bonds. The van der Waals surface area contributed by atoms with E-state index in [1.807, 2.05) is 78.9 Å². The molecule has 1 aliphatic rings. The van der Waals surface area contributed by atoms with E-state index in [1.54, 1.807) is 0 Å². The van der Waals surface area contributed by atoms with E-state index in [4.69, 9.17) is 4.42 Å². The van der Waals surface area contributed by atoms with Gasteiger partial charge >= 0.3 is 0 Å². The first-order valence-corrected chi connectivity index (χ1v) is 16.6. The highest BCUT2D eigenvalue weighted by Gasteiger charge is 2.25. The zero-order valence-corrected chi connectivity index (χ0v) is 24.8. The fourth-order valence-corrected chi connectivity index (χ4v) is 8.52. The second-order valence-electron chi connectivity index (χ2n) is 11.8. The molecule has 2 aromatic heterocycles. The lowest BCUT2D eigenvalue weighted by molar-refractivity contribution is 0.595. The van der Waals surface area contributed by atoms with Crippen LogP contribution in [0.2, 0.25) is 0 Å². The smallest absolute Gasteiger partial charge is 0.158 e. The van der Waals surface area contributed by atoms with Crippen LogP contribution in [0.4, 0.5) is 0 Å². The Morgan fingerprint density at radius 2 is 1.27 bits per heavy atom. The van der Waals surface area contributed by atoms with Crippen molar-refractivity contribution in [2.75, 3.05) is 0 Å². The second-order valence-corrected chi connectivity index (χ2v) is 13.8. The van der Waals surface area contributed by atoms with Crippen LogP contribution >= 0.6 is 0 Å². The summed E-state index contributed by atoms with van der Waals surface area (Å²) < 4.78 is 34.8. The van der Waals surface area contributed by atoms with Crippen LogP contribution in [0.15, 0.2) is 126 Å². The summed E-state index contributed by atoms with van der Waals surface area (Å²) in [6.07, 6.45) is 0. The van der Waals surface area contributed by atoms with Crippen LogP contribution in [-0.2, 0) is 21.3 Å². The fourth-order valence-electron chi connectivity index (χ4n) is 6.96. The average Bonchev–Trinajstić information content (AvgIpc) is 3.56. The first-order valence-electron chi connectivity index (χ1n) is 14.8. The number of aromatic nitrogens is 1. The van der Waals surface area contributed by atoms with E-state index in [0.29, 0.717) is 5.56 Å². The van der Waals surface area contributed by atoms with Gasteiger partial charge in [-0.1, -0.05) is 60.7 Å². The third-order valence-corrected chi connectivity index (χ3v) is 10.5. The molecule has 0 aliphatic carbocycles. The first kappa shape index (κ1) is 25.8. The van der Waals surface area contributed by atoms with Crippen molar-refractivity contribution in [3.8, 4) is 34.0 Å². The third-order valence-electron chi connectivity index (χ3n) is 9.01. The lowest BCUT2D eigenvalue weighted by atomic mass is 9.92. The molecule has 6 heteroatoms. The molecule has 5 nitrogen and oxygen atoms in total. The molecule has 0 radical (unpaired) electrons. The number of nitrogens with zero attached hydrogens (tertiary/aromatic N) is 2. The number of hydrogen-bond acceptors (Lipinski definition) is 4. The summed E-state index contributed by atoms with van der Waals surface area (Å²) in [5, 5.41) is 13.8. The van der Waals surface area contributed by atoms with Gasteiger partial charge in [0, 0.05) is 27.2 Å². The Bertz CT molecular complexity index is 2690. The zero-order valence-electron chi connectivity index (χ0n) is 24.0. The number of benzene rings is 6. The van der Waals surface area contributed by atoms with Crippen LogP contribution in [0, 0.1) is 11.3 Å². The molecule has 0 fully saturated rings. The maximum atomic E-state index is 13.3. The number of furan rings is 1. The molecule has 3 heterocycles. The number of sulfone groups is 1. The average molecular weight is 601 g/mol. The monoisotopic (exact) mass is 600 g/mol. The minimum Gasteiger partial charge on any atom is -0.456 e. The van der Waals surface area contributed by atoms with E-state index in [1.165, 1.54) is 0 Å². The number of hydrogen-bond donors (Lipinski definition) is 0. The van der Waals surface area contributed by atoms with Gasteiger partial charge in [0.15, 0.2) is 9.84 Å². The SMILES string of the molecule is N#Cc1ccc2c(c1)c1ccccc1n2-c1ccc2c(c1)-c1cc(-c3ccc4oc5ccccc5c4c3)ccc1CS(=O)(=O)C2. The quantitative estimate of drug-likeness (QED) is 0.198. The van der Waals surface area contributed by atoms with Gasteiger partial charge in [-0.2, -0.15) is 5.26 Å². The van der Waals surface area contributed by atoms with Crippen molar-refractivity contribution >= 4 is 53.6 Å². The Morgan fingerprint density at radius 1 is 0.600 bits per heavy atom. The van der Waals surface area contributed by atoms with Gasteiger partial charge in [0.05, 0.1) is 34.2 Å². The van der Waals surface area contributed by atoms with Gasteiger partial charge in [-0.15, -0.1) is 0 Å².